The molecule has 2 aromatic carbocycles. The van der Waals surface area contributed by atoms with Crippen LogP contribution in [0.5, 0.6) is 0 Å². The van der Waals surface area contributed by atoms with Crippen LogP contribution in [-0.4, -0.2) is 29.7 Å². The second kappa shape index (κ2) is 6.24. The molecule has 0 unspecified atom stereocenters. The molecule has 0 saturated carbocycles. The zero-order chi connectivity index (χ0) is 21.2. The van der Waals surface area contributed by atoms with Gasteiger partial charge < -0.3 is 10.6 Å². The first-order valence-electron chi connectivity index (χ1n) is 9.78. The third-order valence-electron chi connectivity index (χ3n) is 6.22. The summed E-state index contributed by atoms with van der Waals surface area (Å²) in [6, 6.07) is 13.4. The summed E-state index contributed by atoms with van der Waals surface area (Å²) < 4.78 is 0. The van der Waals surface area contributed by atoms with Gasteiger partial charge in [0, 0.05) is 29.9 Å². The lowest BCUT2D eigenvalue weighted by atomic mass is 9.76. The van der Waals surface area contributed by atoms with E-state index in [0.717, 1.165) is 0 Å². The monoisotopic (exact) mass is 404 g/mol. The Morgan fingerprint density at radius 3 is 2.43 bits per heavy atom. The van der Waals surface area contributed by atoms with Crippen molar-refractivity contribution in [1.29, 1.82) is 0 Å². The Kier molecular flexibility index (Phi) is 3.85. The summed E-state index contributed by atoms with van der Waals surface area (Å²) in [6.45, 7) is 3.23. The lowest BCUT2D eigenvalue weighted by molar-refractivity contribution is -0.130. The van der Waals surface area contributed by atoms with Crippen molar-refractivity contribution in [3.05, 3.63) is 54.1 Å². The van der Waals surface area contributed by atoms with Crippen molar-refractivity contribution in [2.24, 2.45) is 11.8 Å². The number of nitrogens with one attached hydrogen (secondary N) is 3. The number of benzene rings is 2. The number of imide groups is 1. The van der Waals surface area contributed by atoms with Crippen molar-refractivity contribution in [3.8, 4) is 0 Å². The molecular formula is C22H20N4O4. The minimum atomic E-state index is -1.27. The summed E-state index contributed by atoms with van der Waals surface area (Å²) in [5, 5.41) is 8.79. The molecule has 3 aliphatic heterocycles. The van der Waals surface area contributed by atoms with Gasteiger partial charge in [0.2, 0.25) is 23.6 Å². The van der Waals surface area contributed by atoms with Gasteiger partial charge >= 0.3 is 0 Å². The maximum Gasteiger partial charge on any atom is 0.250 e. The summed E-state index contributed by atoms with van der Waals surface area (Å²) in [4.78, 5) is 52.3. The summed E-state index contributed by atoms with van der Waals surface area (Å²) in [6.07, 6.45) is 0. The number of hydrogen-bond acceptors (Lipinski definition) is 5. The van der Waals surface area contributed by atoms with Crippen molar-refractivity contribution in [1.82, 2.24) is 5.32 Å². The molecule has 0 aromatic heterocycles. The minimum absolute atomic E-state index is 0.210. The molecule has 1 spiro atoms. The number of anilines is 3. The van der Waals surface area contributed by atoms with Crippen LogP contribution in [0.1, 0.15) is 19.4 Å². The van der Waals surface area contributed by atoms with Gasteiger partial charge in [-0.1, -0.05) is 18.2 Å². The van der Waals surface area contributed by atoms with Gasteiger partial charge in [-0.2, -0.15) is 0 Å². The third kappa shape index (κ3) is 2.31. The minimum Gasteiger partial charge on any atom is -0.326 e. The molecule has 2 saturated heterocycles. The van der Waals surface area contributed by atoms with E-state index in [4.69, 9.17) is 0 Å². The van der Waals surface area contributed by atoms with E-state index in [1.54, 1.807) is 30.3 Å². The number of carbonyl (C=O) groups is 4. The van der Waals surface area contributed by atoms with Crippen LogP contribution in [-0.2, 0) is 24.7 Å². The molecule has 0 aliphatic carbocycles. The van der Waals surface area contributed by atoms with Gasteiger partial charge in [-0.25, -0.2) is 4.90 Å². The standard InChI is InChI=1S/C22H20N4O4/c1-11-17-18(22(25-11)15-5-3-4-6-16(15)24-21(22)30)20(29)26(19(17)28)14-9-7-13(8-10-14)23-12(2)27/h3-11,17-18,25H,1-2H3,(H,23,27)(H,24,30)/t11-,17+,18-,22+/m0/s1. The second-order valence-electron chi connectivity index (χ2n) is 7.98. The Morgan fingerprint density at radius 1 is 1.03 bits per heavy atom. The molecule has 3 N–H and O–H groups in total. The highest BCUT2D eigenvalue weighted by Crippen LogP contribution is 2.53. The highest BCUT2D eigenvalue weighted by atomic mass is 16.2. The van der Waals surface area contributed by atoms with E-state index in [9.17, 15) is 19.2 Å². The maximum absolute atomic E-state index is 13.5. The average molecular weight is 404 g/mol. The molecular weight excluding hydrogens is 384 g/mol. The van der Waals surface area contributed by atoms with E-state index in [0.29, 0.717) is 22.6 Å². The van der Waals surface area contributed by atoms with Crippen molar-refractivity contribution in [2.45, 2.75) is 25.4 Å². The zero-order valence-electron chi connectivity index (χ0n) is 16.4. The van der Waals surface area contributed by atoms with Gasteiger partial charge in [0.15, 0.2) is 0 Å². The highest BCUT2D eigenvalue weighted by molar-refractivity contribution is 6.25. The summed E-state index contributed by atoms with van der Waals surface area (Å²) in [7, 11) is 0. The quantitative estimate of drug-likeness (QED) is 0.659. The first-order valence-corrected chi connectivity index (χ1v) is 9.78. The lowest BCUT2D eigenvalue weighted by Gasteiger charge is -2.29. The Hall–Kier alpha value is -3.52. The van der Waals surface area contributed by atoms with Crippen LogP contribution in [0.25, 0.3) is 0 Å². The number of para-hydroxylation sites is 1. The molecule has 2 fully saturated rings. The van der Waals surface area contributed by atoms with Gasteiger partial charge in [-0.05, 0) is 37.3 Å². The van der Waals surface area contributed by atoms with E-state index >= 15 is 0 Å². The zero-order valence-corrected chi connectivity index (χ0v) is 16.4. The Balaban J connectivity index is 1.56. The number of hydrogen-bond donors (Lipinski definition) is 3. The van der Waals surface area contributed by atoms with E-state index in [1.165, 1.54) is 11.8 Å². The highest BCUT2D eigenvalue weighted by Gasteiger charge is 2.69. The normalized spacial score (nSPS) is 29.2. The largest absolute Gasteiger partial charge is 0.326 e. The Bertz CT molecular complexity index is 1110. The molecule has 5 rings (SSSR count). The summed E-state index contributed by atoms with van der Waals surface area (Å²) in [5.74, 6) is -2.74. The molecule has 8 nitrogen and oxygen atoms in total. The first-order chi connectivity index (χ1) is 14.3. The van der Waals surface area contributed by atoms with Crippen LogP contribution < -0.4 is 20.9 Å². The predicted octanol–water partition coefficient (Wildman–Crippen LogP) is 1.59. The Morgan fingerprint density at radius 2 is 1.73 bits per heavy atom. The molecule has 8 heteroatoms. The Labute approximate surface area is 172 Å². The SMILES string of the molecule is CC(=O)Nc1ccc(N2C(=O)[C@@H]3[C@H](C)N[C@@]4(C(=O)Nc5ccccc54)[C@@H]3C2=O)cc1. The molecule has 0 bridgehead atoms. The van der Waals surface area contributed by atoms with Gasteiger partial charge in [0.05, 0.1) is 17.5 Å². The molecule has 4 amide bonds. The van der Waals surface area contributed by atoms with E-state index in [1.807, 2.05) is 25.1 Å². The number of rotatable bonds is 2. The summed E-state index contributed by atoms with van der Waals surface area (Å²) in [5.41, 5.74) is 1.07. The van der Waals surface area contributed by atoms with Crippen LogP contribution in [0.15, 0.2) is 48.5 Å². The van der Waals surface area contributed by atoms with Gasteiger partial charge in [0.1, 0.15) is 5.54 Å². The van der Waals surface area contributed by atoms with Gasteiger partial charge in [-0.3, -0.25) is 24.5 Å². The maximum atomic E-state index is 13.5. The predicted molar refractivity (Wildman–Crippen MR) is 110 cm³/mol. The average Bonchev–Trinajstić information content (AvgIpc) is 3.27. The van der Waals surface area contributed by atoms with Gasteiger partial charge in [0.25, 0.3) is 0 Å². The summed E-state index contributed by atoms with van der Waals surface area (Å²) >= 11 is 0. The number of nitrogens with zero attached hydrogens (tertiary/aromatic N) is 1. The van der Waals surface area contributed by atoms with Crippen LogP contribution in [0.4, 0.5) is 17.1 Å². The van der Waals surface area contributed by atoms with Gasteiger partial charge in [-0.15, -0.1) is 0 Å². The fourth-order valence-corrected chi connectivity index (χ4v) is 5.07. The molecule has 30 heavy (non-hydrogen) atoms. The molecule has 0 radical (unpaired) electrons. The number of fused-ring (bicyclic) bond motifs is 4. The van der Waals surface area contributed by atoms with Crippen LogP contribution in [0.3, 0.4) is 0 Å². The smallest absolute Gasteiger partial charge is 0.250 e. The van der Waals surface area contributed by atoms with Crippen molar-refractivity contribution >= 4 is 40.7 Å². The molecule has 3 heterocycles. The number of carbonyl (C=O) groups excluding carboxylic acids is 4. The molecule has 4 atom stereocenters. The fourth-order valence-electron chi connectivity index (χ4n) is 5.07. The third-order valence-corrected chi connectivity index (χ3v) is 6.22. The van der Waals surface area contributed by atoms with Crippen LogP contribution in [0.2, 0.25) is 0 Å². The van der Waals surface area contributed by atoms with E-state index < -0.39 is 23.3 Å². The van der Waals surface area contributed by atoms with E-state index in [2.05, 4.69) is 16.0 Å². The van der Waals surface area contributed by atoms with Crippen molar-refractivity contribution < 1.29 is 19.2 Å². The lowest BCUT2D eigenvalue weighted by Crippen LogP contribution is -2.53. The topological polar surface area (TPSA) is 108 Å². The van der Waals surface area contributed by atoms with E-state index in [-0.39, 0.29) is 23.8 Å². The van der Waals surface area contributed by atoms with Crippen LogP contribution in [0, 0.1) is 11.8 Å². The fraction of sp³-hybridized carbons (Fsp3) is 0.273. The second-order valence-corrected chi connectivity index (χ2v) is 7.98. The van der Waals surface area contributed by atoms with Crippen LogP contribution >= 0.6 is 0 Å². The number of amides is 4. The molecule has 2 aromatic rings. The van der Waals surface area contributed by atoms with Crippen molar-refractivity contribution in [2.75, 3.05) is 15.5 Å². The molecule has 3 aliphatic rings. The van der Waals surface area contributed by atoms with Crippen molar-refractivity contribution in [3.63, 3.8) is 0 Å². The first kappa shape index (κ1) is 18.5. The molecule has 152 valence electrons.